The molecule has 0 fully saturated rings. The topological polar surface area (TPSA) is 54.6 Å². The fourth-order valence-corrected chi connectivity index (χ4v) is 3.51. The smallest absolute Gasteiger partial charge is 0.137 e. The van der Waals surface area contributed by atoms with E-state index >= 15 is 0 Å². The number of fused-ring (bicyclic) bond motifs is 2. The molecule has 1 aliphatic rings. The molecule has 0 amide bonds. The predicted octanol–water partition coefficient (Wildman–Crippen LogP) is 3.74. The van der Waals surface area contributed by atoms with Gasteiger partial charge >= 0.3 is 0 Å². The fraction of sp³-hybridized carbons (Fsp3) is 0.333. The lowest BCUT2D eigenvalue weighted by molar-refractivity contribution is 0.104. The Labute approximate surface area is 159 Å². The average Bonchev–Trinajstić information content (AvgIpc) is 3.14. The predicted molar refractivity (Wildman–Crippen MR) is 105 cm³/mol. The number of hydrogen-bond acceptors (Lipinski definition) is 4. The summed E-state index contributed by atoms with van der Waals surface area (Å²) in [6, 6.07) is 16.6. The first-order valence-corrected chi connectivity index (χ1v) is 8.87. The van der Waals surface area contributed by atoms with Crippen LogP contribution in [0.3, 0.4) is 0 Å². The molecule has 2 aromatic carbocycles. The van der Waals surface area contributed by atoms with Gasteiger partial charge in [-0.25, -0.2) is 0 Å². The molecule has 4 rings (SSSR count). The first-order valence-electron chi connectivity index (χ1n) is 8.87. The number of ether oxygens (including phenoxy) is 1. The van der Waals surface area contributed by atoms with Crippen LogP contribution >= 0.6 is 12.4 Å². The van der Waals surface area contributed by atoms with Crippen molar-refractivity contribution in [2.45, 2.75) is 31.4 Å². The van der Waals surface area contributed by atoms with Gasteiger partial charge in [0.1, 0.15) is 24.0 Å². The molecule has 0 spiro atoms. The van der Waals surface area contributed by atoms with Gasteiger partial charge in [-0.15, -0.1) is 12.4 Å². The number of rotatable bonds is 6. The van der Waals surface area contributed by atoms with Gasteiger partial charge in [-0.05, 0) is 48.6 Å². The first-order chi connectivity index (χ1) is 12.3. The zero-order valence-electron chi connectivity index (χ0n) is 14.6. The lowest BCUT2D eigenvalue weighted by Crippen LogP contribution is -2.40. The highest BCUT2D eigenvalue weighted by Gasteiger charge is 2.18. The normalized spacial score (nSPS) is 17.3. The van der Waals surface area contributed by atoms with Crippen LogP contribution in [0.4, 0.5) is 0 Å². The minimum absolute atomic E-state index is 0. The van der Waals surface area contributed by atoms with Crippen molar-refractivity contribution in [3.05, 3.63) is 65.9 Å². The molecule has 1 aliphatic carbocycles. The summed E-state index contributed by atoms with van der Waals surface area (Å²) in [6.07, 6.45) is 4.34. The third kappa shape index (κ3) is 4.21. The molecular weight excluding hydrogens is 350 g/mol. The van der Waals surface area contributed by atoms with E-state index in [-0.39, 0.29) is 19.0 Å². The third-order valence-corrected chi connectivity index (χ3v) is 4.88. The highest BCUT2D eigenvalue weighted by atomic mass is 35.5. The molecule has 1 heterocycles. The van der Waals surface area contributed by atoms with Crippen LogP contribution in [-0.4, -0.2) is 30.4 Å². The van der Waals surface area contributed by atoms with E-state index in [1.807, 2.05) is 24.3 Å². The Morgan fingerprint density at radius 3 is 2.85 bits per heavy atom. The molecule has 0 bridgehead atoms. The molecule has 1 aromatic heterocycles. The third-order valence-electron chi connectivity index (χ3n) is 4.88. The summed E-state index contributed by atoms with van der Waals surface area (Å²) < 4.78 is 11.2. The maximum Gasteiger partial charge on any atom is 0.137 e. The van der Waals surface area contributed by atoms with Crippen molar-refractivity contribution in [3.8, 4) is 5.75 Å². The van der Waals surface area contributed by atoms with Crippen LogP contribution < -0.4 is 10.1 Å². The highest BCUT2D eigenvalue weighted by molar-refractivity contribution is 5.85. The molecule has 4 nitrogen and oxygen atoms in total. The maximum atomic E-state index is 10.2. The van der Waals surface area contributed by atoms with Crippen LogP contribution in [0, 0.1) is 0 Å². The van der Waals surface area contributed by atoms with Gasteiger partial charge in [-0.3, -0.25) is 0 Å². The minimum atomic E-state index is -0.542. The van der Waals surface area contributed by atoms with Gasteiger partial charge in [0.15, 0.2) is 0 Å². The number of hydrogen-bond donors (Lipinski definition) is 2. The first kappa shape index (κ1) is 18.8. The molecule has 26 heavy (non-hydrogen) atoms. The Morgan fingerprint density at radius 1 is 1.12 bits per heavy atom. The van der Waals surface area contributed by atoms with Crippen molar-refractivity contribution in [1.82, 2.24) is 5.32 Å². The van der Waals surface area contributed by atoms with Gasteiger partial charge in [-0.1, -0.05) is 30.3 Å². The van der Waals surface area contributed by atoms with Crippen molar-refractivity contribution in [2.75, 3.05) is 13.2 Å². The zero-order chi connectivity index (χ0) is 17.1. The van der Waals surface area contributed by atoms with Gasteiger partial charge in [-0.2, -0.15) is 0 Å². The van der Waals surface area contributed by atoms with Gasteiger partial charge in [0.25, 0.3) is 0 Å². The van der Waals surface area contributed by atoms with Crippen molar-refractivity contribution in [1.29, 1.82) is 0 Å². The van der Waals surface area contributed by atoms with Crippen LogP contribution in [0.25, 0.3) is 11.0 Å². The molecule has 2 unspecified atom stereocenters. The van der Waals surface area contributed by atoms with Crippen LogP contribution in [-0.2, 0) is 12.8 Å². The van der Waals surface area contributed by atoms with Gasteiger partial charge < -0.3 is 19.6 Å². The summed E-state index contributed by atoms with van der Waals surface area (Å²) in [6.45, 7) is 0.800. The largest absolute Gasteiger partial charge is 0.490 e. The quantitative estimate of drug-likeness (QED) is 0.691. The van der Waals surface area contributed by atoms with Crippen LogP contribution in [0.1, 0.15) is 17.5 Å². The summed E-state index contributed by atoms with van der Waals surface area (Å²) >= 11 is 0. The molecule has 3 aromatic rings. The number of aliphatic hydroxyl groups is 1. The lowest BCUT2D eigenvalue weighted by atomic mass is 9.88. The molecular formula is C21H24ClNO3. The molecule has 138 valence electrons. The lowest BCUT2D eigenvalue weighted by Gasteiger charge is -2.26. The zero-order valence-corrected chi connectivity index (χ0v) is 15.4. The molecule has 0 saturated carbocycles. The Hall–Kier alpha value is -2.01. The number of halogens is 1. The van der Waals surface area contributed by atoms with Crippen LogP contribution in [0.2, 0.25) is 0 Å². The van der Waals surface area contributed by atoms with E-state index in [9.17, 15) is 5.11 Å². The minimum Gasteiger partial charge on any atom is -0.490 e. The average molecular weight is 374 g/mol. The Morgan fingerprint density at radius 2 is 1.96 bits per heavy atom. The monoisotopic (exact) mass is 373 g/mol. The van der Waals surface area contributed by atoms with Gasteiger partial charge in [0.2, 0.25) is 0 Å². The van der Waals surface area contributed by atoms with E-state index in [0.29, 0.717) is 12.6 Å². The molecule has 2 atom stereocenters. The fourth-order valence-electron chi connectivity index (χ4n) is 3.51. The number of aliphatic hydroxyl groups excluding tert-OH is 1. The van der Waals surface area contributed by atoms with E-state index < -0.39 is 6.10 Å². The van der Waals surface area contributed by atoms with Gasteiger partial charge in [0.05, 0.1) is 11.6 Å². The molecule has 5 heteroatoms. The summed E-state index contributed by atoms with van der Waals surface area (Å²) in [4.78, 5) is 0. The second-order valence-corrected chi connectivity index (χ2v) is 6.67. The summed E-state index contributed by atoms with van der Waals surface area (Å²) in [5, 5.41) is 14.7. The van der Waals surface area contributed by atoms with Crippen molar-refractivity contribution >= 4 is 23.4 Å². The van der Waals surface area contributed by atoms with Gasteiger partial charge in [0, 0.05) is 12.6 Å². The van der Waals surface area contributed by atoms with Crippen molar-refractivity contribution in [2.24, 2.45) is 0 Å². The Bertz CT molecular complexity index is 848. The van der Waals surface area contributed by atoms with E-state index in [1.165, 1.54) is 11.1 Å². The second-order valence-electron chi connectivity index (χ2n) is 6.67. The number of benzene rings is 2. The molecule has 0 radical (unpaired) electrons. The highest BCUT2D eigenvalue weighted by Crippen LogP contribution is 2.26. The van der Waals surface area contributed by atoms with Crippen LogP contribution in [0.5, 0.6) is 5.75 Å². The van der Waals surface area contributed by atoms with E-state index in [4.69, 9.17) is 9.15 Å². The Balaban J connectivity index is 0.00000196. The summed E-state index contributed by atoms with van der Waals surface area (Å²) in [7, 11) is 0. The van der Waals surface area contributed by atoms with Crippen molar-refractivity contribution < 1.29 is 14.3 Å². The SMILES string of the molecule is Cl.OC(CNC1CCc2ccccc2C1)COc1cccc2occc12. The standard InChI is InChI=1S/C21H23NO3.ClH/c23-18(14-25-21-7-3-6-20-19(21)10-11-24-20)13-22-17-9-8-15-4-1-2-5-16(15)12-17;/h1-7,10-11,17-18,22-23H,8-9,12-14H2;1H. The summed E-state index contributed by atoms with van der Waals surface area (Å²) in [5.74, 6) is 0.747. The number of aryl methyl sites for hydroxylation is 1. The van der Waals surface area contributed by atoms with E-state index in [1.54, 1.807) is 6.26 Å². The number of nitrogens with one attached hydrogen (secondary N) is 1. The van der Waals surface area contributed by atoms with E-state index in [2.05, 4.69) is 29.6 Å². The molecule has 0 aliphatic heterocycles. The molecule has 0 saturated heterocycles. The van der Waals surface area contributed by atoms with Crippen LogP contribution in [0.15, 0.2) is 59.2 Å². The van der Waals surface area contributed by atoms with E-state index in [0.717, 1.165) is 36.0 Å². The maximum absolute atomic E-state index is 10.2. The molecule has 2 N–H and O–H groups in total. The Kier molecular flexibility index (Phi) is 6.20. The second kappa shape index (κ2) is 8.58. The summed E-state index contributed by atoms with van der Waals surface area (Å²) in [5.41, 5.74) is 3.67. The van der Waals surface area contributed by atoms with Crippen molar-refractivity contribution in [3.63, 3.8) is 0 Å². The number of furan rings is 1.